The molecule has 2 atom stereocenters. The molecule has 2 rings (SSSR count). The fourth-order valence-corrected chi connectivity index (χ4v) is 2.01. The van der Waals surface area contributed by atoms with Crippen molar-refractivity contribution in [2.75, 3.05) is 18.0 Å². The van der Waals surface area contributed by atoms with Gasteiger partial charge in [0.1, 0.15) is 0 Å². The van der Waals surface area contributed by atoms with Crippen LogP contribution >= 0.6 is 0 Å². The fraction of sp³-hybridized carbons (Fsp3) is 0.500. The highest BCUT2D eigenvalue weighted by Gasteiger charge is 2.18. The van der Waals surface area contributed by atoms with Crippen molar-refractivity contribution in [3.05, 3.63) is 29.8 Å². The maximum Gasteiger partial charge on any atom is 0.0366 e. The minimum atomic E-state index is 0.111. The Balaban J connectivity index is 2.10. The van der Waals surface area contributed by atoms with E-state index in [1.807, 2.05) is 6.92 Å². The molecule has 0 saturated carbocycles. The first-order chi connectivity index (χ1) is 7.16. The smallest absolute Gasteiger partial charge is 0.0366 e. The SMILES string of the molecule is CC(N)c1ccc(N2CCC(N)C2)cc1. The second-order valence-corrected chi connectivity index (χ2v) is 4.37. The normalized spacial score (nSPS) is 23.1. The summed E-state index contributed by atoms with van der Waals surface area (Å²) in [7, 11) is 0. The highest BCUT2D eigenvalue weighted by Crippen LogP contribution is 2.21. The predicted octanol–water partition coefficient (Wildman–Crippen LogP) is 1.24. The van der Waals surface area contributed by atoms with Crippen molar-refractivity contribution in [1.82, 2.24) is 0 Å². The highest BCUT2D eigenvalue weighted by molar-refractivity contribution is 5.49. The molecular formula is C12H19N3. The Morgan fingerprint density at radius 1 is 1.33 bits per heavy atom. The summed E-state index contributed by atoms with van der Waals surface area (Å²) in [6, 6.07) is 8.92. The Morgan fingerprint density at radius 3 is 2.47 bits per heavy atom. The summed E-state index contributed by atoms with van der Waals surface area (Å²) in [5.41, 5.74) is 14.1. The van der Waals surface area contributed by atoms with Crippen LogP contribution in [0.2, 0.25) is 0 Å². The molecule has 0 aromatic heterocycles. The minimum absolute atomic E-state index is 0.111. The van der Waals surface area contributed by atoms with Crippen molar-refractivity contribution in [2.45, 2.75) is 25.4 Å². The maximum atomic E-state index is 5.88. The number of benzene rings is 1. The van der Waals surface area contributed by atoms with Crippen LogP contribution in [-0.2, 0) is 0 Å². The lowest BCUT2D eigenvalue weighted by Gasteiger charge is -2.18. The van der Waals surface area contributed by atoms with Gasteiger partial charge in [0.15, 0.2) is 0 Å². The summed E-state index contributed by atoms with van der Waals surface area (Å²) in [6.07, 6.45) is 1.09. The third-order valence-electron chi connectivity index (χ3n) is 3.01. The number of rotatable bonds is 2. The molecule has 3 heteroatoms. The number of nitrogens with two attached hydrogens (primary N) is 2. The van der Waals surface area contributed by atoms with E-state index < -0.39 is 0 Å². The van der Waals surface area contributed by atoms with Gasteiger partial charge >= 0.3 is 0 Å². The molecule has 0 radical (unpaired) electrons. The molecule has 0 aliphatic carbocycles. The fourth-order valence-electron chi connectivity index (χ4n) is 2.01. The van der Waals surface area contributed by atoms with Gasteiger partial charge in [-0.15, -0.1) is 0 Å². The zero-order valence-corrected chi connectivity index (χ0v) is 9.19. The summed E-state index contributed by atoms with van der Waals surface area (Å²) < 4.78 is 0. The molecule has 1 aliphatic rings. The lowest BCUT2D eigenvalue weighted by atomic mass is 10.1. The van der Waals surface area contributed by atoms with Crippen molar-refractivity contribution < 1.29 is 0 Å². The van der Waals surface area contributed by atoms with E-state index >= 15 is 0 Å². The molecule has 1 heterocycles. The first-order valence-corrected chi connectivity index (χ1v) is 5.53. The van der Waals surface area contributed by atoms with Crippen LogP contribution in [0.15, 0.2) is 24.3 Å². The van der Waals surface area contributed by atoms with Crippen LogP contribution < -0.4 is 16.4 Å². The quantitative estimate of drug-likeness (QED) is 0.764. The summed E-state index contributed by atoms with van der Waals surface area (Å²) in [4.78, 5) is 2.33. The summed E-state index contributed by atoms with van der Waals surface area (Å²) in [6.45, 7) is 4.04. The van der Waals surface area contributed by atoms with E-state index in [9.17, 15) is 0 Å². The standard InChI is InChI=1S/C12H19N3/c1-9(13)10-2-4-12(5-3-10)15-7-6-11(14)8-15/h2-5,9,11H,6-8,13-14H2,1H3. The van der Waals surface area contributed by atoms with Crippen LogP contribution in [0.5, 0.6) is 0 Å². The molecule has 2 unspecified atom stereocenters. The van der Waals surface area contributed by atoms with E-state index in [4.69, 9.17) is 11.5 Å². The summed E-state index contributed by atoms with van der Waals surface area (Å²) >= 11 is 0. The van der Waals surface area contributed by atoms with Gasteiger partial charge in [0, 0.05) is 30.9 Å². The molecule has 4 N–H and O–H groups in total. The van der Waals surface area contributed by atoms with E-state index in [1.54, 1.807) is 0 Å². The largest absolute Gasteiger partial charge is 0.370 e. The third kappa shape index (κ3) is 2.30. The molecule has 1 aromatic rings. The van der Waals surface area contributed by atoms with Gasteiger partial charge < -0.3 is 16.4 Å². The van der Waals surface area contributed by atoms with Crippen molar-refractivity contribution in [2.24, 2.45) is 11.5 Å². The average Bonchev–Trinajstić information content (AvgIpc) is 2.65. The third-order valence-corrected chi connectivity index (χ3v) is 3.01. The topological polar surface area (TPSA) is 55.3 Å². The molecular weight excluding hydrogens is 186 g/mol. The zero-order valence-electron chi connectivity index (χ0n) is 9.19. The van der Waals surface area contributed by atoms with Gasteiger partial charge in [0.05, 0.1) is 0 Å². The molecule has 15 heavy (non-hydrogen) atoms. The Labute approximate surface area is 91.1 Å². The number of hydrogen-bond donors (Lipinski definition) is 2. The Kier molecular flexibility index (Phi) is 2.93. The van der Waals surface area contributed by atoms with Gasteiger partial charge in [-0.2, -0.15) is 0 Å². The molecule has 82 valence electrons. The second kappa shape index (κ2) is 4.21. The van der Waals surface area contributed by atoms with Gasteiger partial charge in [-0.1, -0.05) is 12.1 Å². The maximum absolute atomic E-state index is 5.88. The van der Waals surface area contributed by atoms with Crippen molar-refractivity contribution in [3.63, 3.8) is 0 Å². The zero-order chi connectivity index (χ0) is 10.8. The lowest BCUT2D eigenvalue weighted by molar-refractivity contribution is 0.752. The van der Waals surface area contributed by atoms with E-state index in [2.05, 4.69) is 29.2 Å². The van der Waals surface area contributed by atoms with E-state index in [1.165, 1.54) is 11.3 Å². The number of hydrogen-bond acceptors (Lipinski definition) is 3. The van der Waals surface area contributed by atoms with Crippen LogP contribution in [0.25, 0.3) is 0 Å². The van der Waals surface area contributed by atoms with Gasteiger partial charge in [-0.3, -0.25) is 0 Å². The van der Waals surface area contributed by atoms with Gasteiger partial charge in [-0.25, -0.2) is 0 Å². The number of nitrogens with zero attached hydrogens (tertiary/aromatic N) is 1. The summed E-state index contributed by atoms with van der Waals surface area (Å²) in [5, 5.41) is 0. The molecule has 1 aliphatic heterocycles. The predicted molar refractivity (Wildman–Crippen MR) is 63.8 cm³/mol. The van der Waals surface area contributed by atoms with Crippen LogP contribution in [0.4, 0.5) is 5.69 Å². The molecule has 1 fully saturated rings. The van der Waals surface area contributed by atoms with Gasteiger partial charge in [-0.05, 0) is 31.0 Å². The van der Waals surface area contributed by atoms with Gasteiger partial charge in [0.25, 0.3) is 0 Å². The van der Waals surface area contributed by atoms with Crippen LogP contribution in [0, 0.1) is 0 Å². The van der Waals surface area contributed by atoms with E-state index in [-0.39, 0.29) is 6.04 Å². The van der Waals surface area contributed by atoms with Crippen molar-refractivity contribution in [3.8, 4) is 0 Å². The Hall–Kier alpha value is -1.06. The van der Waals surface area contributed by atoms with E-state index in [0.717, 1.165) is 19.5 Å². The lowest BCUT2D eigenvalue weighted by Crippen LogP contribution is -2.26. The van der Waals surface area contributed by atoms with Crippen LogP contribution in [-0.4, -0.2) is 19.1 Å². The highest BCUT2D eigenvalue weighted by atomic mass is 15.2. The van der Waals surface area contributed by atoms with Crippen LogP contribution in [0.3, 0.4) is 0 Å². The summed E-state index contributed by atoms with van der Waals surface area (Å²) in [5.74, 6) is 0. The molecule has 3 nitrogen and oxygen atoms in total. The molecule has 1 aromatic carbocycles. The molecule has 0 bridgehead atoms. The average molecular weight is 205 g/mol. The minimum Gasteiger partial charge on any atom is -0.370 e. The van der Waals surface area contributed by atoms with Crippen LogP contribution in [0.1, 0.15) is 24.9 Å². The Morgan fingerprint density at radius 2 is 2.00 bits per heavy atom. The monoisotopic (exact) mass is 205 g/mol. The first kappa shape index (κ1) is 10.5. The van der Waals surface area contributed by atoms with Gasteiger partial charge in [0.2, 0.25) is 0 Å². The first-order valence-electron chi connectivity index (χ1n) is 5.53. The number of anilines is 1. The second-order valence-electron chi connectivity index (χ2n) is 4.37. The Bertz CT molecular complexity index is 318. The van der Waals surface area contributed by atoms with E-state index in [0.29, 0.717) is 6.04 Å². The molecule has 1 saturated heterocycles. The molecule has 0 spiro atoms. The van der Waals surface area contributed by atoms with Crippen molar-refractivity contribution in [1.29, 1.82) is 0 Å². The molecule has 0 amide bonds. The van der Waals surface area contributed by atoms with Crippen molar-refractivity contribution >= 4 is 5.69 Å².